The topological polar surface area (TPSA) is 23.5 Å². The van der Waals surface area contributed by atoms with Crippen LogP contribution >= 0.6 is 0 Å². The van der Waals surface area contributed by atoms with E-state index in [4.69, 9.17) is 0 Å². The summed E-state index contributed by atoms with van der Waals surface area (Å²) in [5.41, 5.74) is -0.410. The van der Waals surface area contributed by atoms with Gasteiger partial charge in [0, 0.05) is 13.1 Å². The van der Waals surface area contributed by atoms with E-state index in [0.717, 1.165) is 18.9 Å². The average Bonchev–Trinajstić information content (AvgIpc) is 2.88. The molecule has 2 fully saturated rings. The minimum atomic E-state index is -0.410. The van der Waals surface area contributed by atoms with Gasteiger partial charge in [0.15, 0.2) is 0 Å². The predicted octanol–water partition coefficient (Wildman–Crippen LogP) is 1.88. The van der Waals surface area contributed by atoms with Crippen LogP contribution in [-0.2, 0) is 0 Å². The van der Waals surface area contributed by atoms with Crippen molar-refractivity contribution in [2.45, 2.75) is 45.1 Å². The lowest BCUT2D eigenvalue weighted by molar-refractivity contribution is -0.0654. The standard InChI is InChI=1S/C12H23NO/c1-10(2)12(14)6-3-7-13(9-12)8-11-4-5-11/h10-11,14H,3-9H2,1-2H3/t12-/m1/s1. The van der Waals surface area contributed by atoms with Crippen LogP contribution in [0.3, 0.4) is 0 Å². The number of rotatable bonds is 3. The Kier molecular flexibility index (Phi) is 2.85. The summed E-state index contributed by atoms with van der Waals surface area (Å²) >= 11 is 0. The van der Waals surface area contributed by atoms with E-state index in [-0.39, 0.29) is 0 Å². The average molecular weight is 197 g/mol. The van der Waals surface area contributed by atoms with Crippen LogP contribution in [-0.4, -0.2) is 35.2 Å². The zero-order valence-corrected chi connectivity index (χ0v) is 9.50. The van der Waals surface area contributed by atoms with Gasteiger partial charge >= 0.3 is 0 Å². The Hall–Kier alpha value is -0.0800. The molecule has 2 heteroatoms. The minimum Gasteiger partial charge on any atom is -0.388 e. The van der Waals surface area contributed by atoms with E-state index in [2.05, 4.69) is 18.7 Å². The van der Waals surface area contributed by atoms with E-state index in [9.17, 15) is 5.11 Å². The fourth-order valence-corrected chi connectivity index (χ4v) is 2.45. The largest absolute Gasteiger partial charge is 0.388 e. The van der Waals surface area contributed by atoms with Gasteiger partial charge in [0.2, 0.25) is 0 Å². The van der Waals surface area contributed by atoms with Crippen LogP contribution in [0.5, 0.6) is 0 Å². The zero-order valence-electron chi connectivity index (χ0n) is 9.50. The van der Waals surface area contributed by atoms with E-state index in [1.165, 1.54) is 32.4 Å². The fraction of sp³-hybridized carbons (Fsp3) is 1.00. The molecule has 82 valence electrons. The van der Waals surface area contributed by atoms with Gasteiger partial charge in [0.25, 0.3) is 0 Å². The van der Waals surface area contributed by atoms with Gasteiger partial charge in [0.05, 0.1) is 5.60 Å². The van der Waals surface area contributed by atoms with Crippen molar-refractivity contribution in [1.82, 2.24) is 4.90 Å². The lowest BCUT2D eigenvalue weighted by Gasteiger charge is -2.42. The molecule has 1 aliphatic heterocycles. The fourth-order valence-electron chi connectivity index (χ4n) is 2.45. The van der Waals surface area contributed by atoms with E-state index in [0.29, 0.717) is 5.92 Å². The third-order valence-electron chi connectivity index (χ3n) is 3.87. The van der Waals surface area contributed by atoms with Crippen LogP contribution in [0.1, 0.15) is 39.5 Å². The lowest BCUT2D eigenvalue weighted by atomic mass is 9.83. The molecule has 0 unspecified atom stereocenters. The Morgan fingerprint density at radius 2 is 2.14 bits per heavy atom. The van der Waals surface area contributed by atoms with Gasteiger partial charge in [-0.2, -0.15) is 0 Å². The molecular formula is C12H23NO. The van der Waals surface area contributed by atoms with Crippen molar-refractivity contribution in [2.24, 2.45) is 11.8 Å². The molecule has 2 aliphatic rings. The summed E-state index contributed by atoms with van der Waals surface area (Å²) in [7, 11) is 0. The molecule has 1 heterocycles. The Morgan fingerprint density at radius 3 is 2.71 bits per heavy atom. The highest BCUT2D eigenvalue weighted by atomic mass is 16.3. The molecule has 0 aromatic heterocycles. The molecule has 1 saturated heterocycles. The summed E-state index contributed by atoms with van der Waals surface area (Å²) in [6.07, 6.45) is 4.99. The summed E-state index contributed by atoms with van der Waals surface area (Å²) in [6, 6.07) is 0. The van der Waals surface area contributed by atoms with Gasteiger partial charge < -0.3 is 10.0 Å². The van der Waals surface area contributed by atoms with E-state index in [1.807, 2.05) is 0 Å². The second kappa shape index (κ2) is 3.82. The highest BCUT2D eigenvalue weighted by molar-refractivity contribution is 4.91. The van der Waals surface area contributed by atoms with Crippen molar-refractivity contribution >= 4 is 0 Å². The Bertz CT molecular complexity index is 200. The summed E-state index contributed by atoms with van der Waals surface area (Å²) < 4.78 is 0. The molecule has 1 atom stereocenters. The zero-order chi connectivity index (χ0) is 10.2. The van der Waals surface area contributed by atoms with Crippen molar-refractivity contribution < 1.29 is 5.11 Å². The molecule has 1 aliphatic carbocycles. The number of piperidine rings is 1. The highest BCUT2D eigenvalue weighted by Gasteiger charge is 2.37. The van der Waals surface area contributed by atoms with Crippen molar-refractivity contribution in [3.8, 4) is 0 Å². The maximum Gasteiger partial charge on any atom is 0.0797 e. The summed E-state index contributed by atoms with van der Waals surface area (Å²) in [6.45, 7) is 7.61. The molecule has 1 saturated carbocycles. The van der Waals surface area contributed by atoms with E-state index >= 15 is 0 Å². The molecule has 14 heavy (non-hydrogen) atoms. The van der Waals surface area contributed by atoms with Crippen LogP contribution < -0.4 is 0 Å². The lowest BCUT2D eigenvalue weighted by Crippen LogP contribution is -2.51. The highest BCUT2D eigenvalue weighted by Crippen LogP contribution is 2.33. The number of likely N-dealkylation sites (tertiary alicyclic amines) is 1. The molecule has 1 N–H and O–H groups in total. The van der Waals surface area contributed by atoms with Gasteiger partial charge in [-0.25, -0.2) is 0 Å². The maximum atomic E-state index is 10.4. The first-order valence-corrected chi connectivity index (χ1v) is 6.05. The smallest absolute Gasteiger partial charge is 0.0797 e. The molecule has 0 amide bonds. The van der Waals surface area contributed by atoms with Crippen LogP contribution in [0.15, 0.2) is 0 Å². The van der Waals surface area contributed by atoms with Crippen LogP contribution in [0.25, 0.3) is 0 Å². The SMILES string of the molecule is CC(C)[C@@]1(O)CCCN(CC2CC2)C1. The van der Waals surface area contributed by atoms with Crippen LogP contribution in [0.2, 0.25) is 0 Å². The van der Waals surface area contributed by atoms with Crippen LogP contribution in [0, 0.1) is 11.8 Å². The summed E-state index contributed by atoms with van der Waals surface area (Å²) in [4.78, 5) is 2.47. The predicted molar refractivity (Wildman–Crippen MR) is 58.2 cm³/mol. The first kappa shape index (κ1) is 10.4. The molecule has 0 spiro atoms. The monoisotopic (exact) mass is 197 g/mol. The quantitative estimate of drug-likeness (QED) is 0.746. The second-order valence-corrected chi connectivity index (χ2v) is 5.54. The molecule has 0 aromatic rings. The number of aliphatic hydroxyl groups is 1. The van der Waals surface area contributed by atoms with E-state index in [1.54, 1.807) is 0 Å². The maximum absolute atomic E-state index is 10.4. The number of nitrogens with zero attached hydrogens (tertiary/aromatic N) is 1. The van der Waals surface area contributed by atoms with Gasteiger partial charge in [-0.3, -0.25) is 0 Å². The Balaban J connectivity index is 1.88. The van der Waals surface area contributed by atoms with Crippen LogP contribution in [0.4, 0.5) is 0 Å². The van der Waals surface area contributed by atoms with Gasteiger partial charge in [-0.05, 0) is 44.1 Å². The first-order valence-electron chi connectivity index (χ1n) is 6.05. The number of hydrogen-bond acceptors (Lipinski definition) is 2. The van der Waals surface area contributed by atoms with Crippen molar-refractivity contribution in [1.29, 1.82) is 0 Å². The third-order valence-corrected chi connectivity index (χ3v) is 3.87. The molecule has 0 aromatic carbocycles. The Labute approximate surface area is 87.3 Å². The number of β-amino-alcohol motifs (C(OH)–C–C–N with tert-alkyl or cyclic N) is 1. The number of hydrogen-bond donors (Lipinski definition) is 1. The van der Waals surface area contributed by atoms with E-state index < -0.39 is 5.60 Å². The van der Waals surface area contributed by atoms with Crippen molar-refractivity contribution in [3.63, 3.8) is 0 Å². The van der Waals surface area contributed by atoms with Gasteiger partial charge in [-0.15, -0.1) is 0 Å². The molecule has 0 bridgehead atoms. The second-order valence-electron chi connectivity index (χ2n) is 5.54. The molecule has 2 rings (SSSR count). The molecule has 2 nitrogen and oxygen atoms in total. The van der Waals surface area contributed by atoms with Crippen molar-refractivity contribution in [3.05, 3.63) is 0 Å². The summed E-state index contributed by atoms with van der Waals surface area (Å²) in [5.74, 6) is 1.34. The van der Waals surface area contributed by atoms with Crippen molar-refractivity contribution in [2.75, 3.05) is 19.6 Å². The third kappa shape index (κ3) is 2.29. The molecular weight excluding hydrogens is 174 g/mol. The Morgan fingerprint density at radius 1 is 1.43 bits per heavy atom. The minimum absolute atomic E-state index is 0.393. The van der Waals surface area contributed by atoms with Gasteiger partial charge in [0.1, 0.15) is 0 Å². The normalized spacial score (nSPS) is 35.1. The van der Waals surface area contributed by atoms with Gasteiger partial charge in [-0.1, -0.05) is 13.8 Å². The molecule has 0 radical (unpaired) electrons. The first-order chi connectivity index (χ1) is 6.60. The summed E-state index contributed by atoms with van der Waals surface area (Å²) in [5, 5.41) is 10.4.